The molecule has 5 nitrogen and oxygen atoms in total. The zero-order chi connectivity index (χ0) is 14.4. The van der Waals surface area contributed by atoms with Crippen molar-refractivity contribution in [2.24, 2.45) is 0 Å². The molecule has 1 heterocycles. The molecule has 0 fully saturated rings. The predicted molar refractivity (Wildman–Crippen MR) is 83.4 cm³/mol. The molecule has 0 aliphatic rings. The van der Waals surface area contributed by atoms with E-state index < -0.39 is 0 Å². The van der Waals surface area contributed by atoms with Crippen molar-refractivity contribution < 1.29 is 14.0 Å². The summed E-state index contributed by atoms with van der Waals surface area (Å²) in [7, 11) is 0. The second kappa shape index (κ2) is 7.09. The van der Waals surface area contributed by atoms with Crippen LogP contribution in [0.5, 0.6) is 0 Å². The van der Waals surface area contributed by atoms with Gasteiger partial charge in [0.25, 0.3) is 5.91 Å². The summed E-state index contributed by atoms with van der Waals surface area (Å²) in [6.45, 7) is 0.278. The Morgan fingerprint density at radius 2 is 2.10 bits per heavy atom. The van der Waals surface area contributed by atoms with Gasteiger partial charge >= 0.3 is 0 Å². The molecule has 0 bridgehead atoms. The molecule has 2 amide bonds. The van der Waals surface area contributed by atoms with E-state index in [1.807, 2.05) is 24.3 Å². The van der Waals surface area contributed by atoms with Crippen molar-refractivity contribution >= 4 is 40.1 Å². The summed E-state index contributed by atoms with van der Waals surface area (Å²) in [5.41, 5.74) is 1.20. The first kappa shape index (κ1) is 14.6. The minimum Gasteiger partial charge on any atom is -0.472 e. The Hall–Kier alpha value is -1.83. The van der Waals surface area contributed by atoms with Crippen LogP contribution in [-0.4, -0.2) is 18.4 Å². The van der Waals surface area contributed by atoms with Gasteiger partial charge in [0.2, 0.25) is 5.91 Å². The third kappa shape index (κ3) is 4.37. The van der Waals surface area contributed by atoms with Crippen molar-refractivity contribution in [3.8, 4) is 0 Å². The van der Waals surface area contributed by atoms with E-state index in [1.54, 1.807) is 6.07 Å². The van der Waals surface area contributed by atoms with Crippen molar-refractivity contribution in [1.29, 1.82) is 0 Å². The Kier molecular flexibility index (Phi) is 5.16. The zero-order valence-corrected chi connectivity index (χ0v) is 12.7. The van der Waals surface area contributed by atoms with Gasteiger partial charge in [0.15, 0.2) is 0 Å². The number of carbonyl (C=O) groups excluding carboxylic acids is 2. The third-order valence-electron chi connectivity index (χ3n) is 2.53. The number of furan rings is 1. The fourth-order valence-corrected chi connectivity index (χ4v) is 2.12. The second-order valence-electron chi connectivity index (χ2n) is 4.08. The van der Waals surface area contributed by atoms with Crippen LogP contribution < -0.4 is 10.6 Å². The molecule has 2 rings (SSSR count). The SMILES string of the molecule is O=C(CCNC(=O)c1ccoc1)Nc1cccc(I)c1. The van der Waals surface area contributed by atoms with E-state index in [4.69, 9.17) is 4.42 Å². The molecule has 0 spiro atoms. The first-order valence-corrected chi connectivity index (χ1v) is 7.09. The number of hydrogen-bond acceptors (Lipinski definition) is 3. The van der Waals surface area contributed by atoms with E-state index in [9.17, 15) is 9.59 Å². The standard InChI is InChI=1S/C14H13IN2O3/c15-11-2-1-3-12(8-11)17-13(18)4-6-16-14(19)10-5-7-20-9-10/h1-3,5,7-9H,4,6H2,(H,16,19)(H,17,18). The maximum absolute atomic E-state index is 11.7. The van der Waals surface area contributed by atoms with Gasteiger partial charge in [-0.1, -0.05) is 6.07 Å². The summed E-state index contributed by atoms with van der Waals surface area (Å²) in [5.74, 6) is -0.389. The fraction of sp³-hybridized carbons (Fsp3) is 0.143. The first-order chi connectivity index (χ1) is 9.65. The summed E-state index contributed by atoms with van der Waals surface area (Å²) < 4.78 is 5.86. The molecular formula is C14H13IN2O3. The monoisotopic (exact) mass is 384 g/mol. The van der Waals surface area contributed by atoms with Crippen LogP contribution in [0, 0.1) is 3.57 Å². The molecule has 0 atom stereocenters. The molecule has 2 N–H and O–H groups in total. The van der Waals surface area contributed by atoms with Gasteiger partial charge in [0.05, 0.1) is 11.8 Å². The number of amides is 2. The number of benzene rings is 1. The van der Waals surface area contributed by atoms with Crippen LogP contribution in [-0.2, 0) is 4.79 Å². The van der Waals surface area contributed by atoms with Gasteiger partial charge in [-0.3, -0.25) is 9.59 Å². The Morgan fingerprint density at radius 1 is 1.25 bits per heavy atom. The summed E-state index contributed by atoms with van der Waals surface area (Å²) in [4.78, 5) is 23.3. The van der Waals surface area contributed by atoms with Crippen LogP contribution in [0.15, 0.2) is 47.3 Å². The highest BCUT2D eigenvalue weighted by molar-refractivity contribution is 14.1. The van der Waals surface area contributed by atoms with Crippen LogP contribution >= 0.6 is 22.6 Å². The second-order valence-corrected chi connectivity index (χ2v) is 5.32. The molecule has 0 aliphatic heterocycles. The van der Waals surface area contributed by atoms with Crippen molar-refractivity contribution in [2.45, 2.75) is 6.42 Å². The number of nitrogens with one attached hydrogen (secondary N) is 2. The average molecular weight is 384 g/mol. The smallest absolute Gasteiger partial charge is 0.254 e. The van der Waals surface area contributed by atoms with Crippen molar-refractivity contribution in [1.82, 2.24) is 5.32 Å². The van der Waals surface area contributed by atoms with Gasteiger partial charge in [-0.25, -0.2) is 0 Å². The molecule has 0 radical (unpaired) electrons. The number of carbonyl (C=O) groups is 2. The maximum Gasteiger partial charge on any atom is 0.254 e. The molecule has 1 aromatic carbocycles. The highest BCUT2D eigenvalue weighted by Crippen LogP contribution is 2.12. The van der Waals surface area contributed by atoms with Crippen LogP contribution in [0.1, 0.15) is 16.8 Å². The normalized spacial score (nSPS) is 10.1. The number of halogens is 1. The minimum atomic E-state index is -0.249. The molecule has 20 heavy (non-hydrogen) atoms. The van der Waals surface area contributed by atoms with E-state index in [0.29, 0.717) is 5.56 Å². The van der Waals surface area contributed by atoms with Crippen LogP contribution in [0.3, 0.4) is 0 Å². The predicted octanol–water partition coefficient (Wildman–Crippen LogP) is 2.64. The van der Waals surface area contributed by atoms with E-state index in [2.05, 4.69) is 33.2 Å². The molecule has 0 saturated heterocycles. The fourth-order valence-electron chi connectivity index (χ4n) is 1.58. The largest absolute Gasteiger partial charge is 0.472 e. The van der Waals surface area contributed by atoms with Gasteiger partial charge in [-0.05, 0) is 46.9 Å². The van der Waals surface area contributed by atoms with Gasteiger partial charge in [-0.2, -0.15) is 0 Å². The topological polar surface area (TPSA) is 71.3 Å². The van der Waals surface area contributed by atoms with Gasteiger partial charge in [0.1, 0.15) is 6.26 Å². The molecule has 0 unspecified atom stereocenters. The molecule has 0 aliphatic carbocycles. The summed E-state index contributed by atoms with van der Waals surface area (Å²) in [5, 5.41) is 5.43. The quantitative estimate of drug-likeness (QED) is 0.779. The number of hydrogen-bond donors (Lipinski definition) is 2. The summed E-state index contributed by atoms with van der Waals surface area (Å²) in [6.07, 6.45) is 3.01. The molecular weight excluding hydrogens is 371 g/mol. The lowest BCUT2D eigenvalue weighted by Gasteiger charge is -2.06. The Balaban J connectivity index is 1.74. The summed E-state index contributed by atoms with van der Waals surface area (Å²) in [6, 6.07) is 9.09. The Labute approximate surface area is 129 Å². The van der Waals surface area contributed by atoms with Gasteiger partial charge in [-0.15, -0.1) is 0 Å². The Bertz CT molecular complexity index is 596. The summed E-state index contributed by atoms with van der Waals surface area (Å²) >= 11 is 2.18. The minimum absolute atomic E-state index is 0.139. The molecule has 0 saturated carbocycles. The van der Waals surface area contributed by atoms with Gasteiger partial charge in [0, 0.05) is 22.2 Å². The molecule has 1 aromatic heterocycles. The maximum atomic E-state index is 11.7. The molecule has 2 aromatic rings. The zero-order valence-electron chi connectivity index (χ0n) is 10.6. The van der Waals surface area contributed by atoms with Crippen molar-refractivity contribution in [2.75, 3.05) is 11.9 Å². The molecule has 104 valence electrons. The van der Waals surface area contributed by atoms with Crippen LogP contribution in [0.4, 0.5) is 5.69 Å². The van der Waals surface area contributed by atoms with Crippen molar-refractivity contribution in [3.05, 3.63) is 52.0 Å². The van der Waals surface area contributed by atoms with E-state index in [-0.39, 0.29) is 24.8 Å². The number of anilines is 1. The third-order valence-corrected chi connectivity index (χ3v) is 3.20. The van der Waals surface area contributed by atoms with Crippen LogP contribution in [0.25, 0.3) is 0 Å². The number of rotatable bonds is 5. The van der Waals surface area contributed by atoms with E-state index >= 15 is 0 Å². The highest BCUT2D eigenvalue weighted by atomic mass is 127. The average Bonchev–Trinajstić information content (AvgIpc) is 2.92. The van der Waals surface area contributed by atoms with E-state index in [0.717, 1.165) is 9.26 Å². The first-order valence-electron chi connectivity index (χ1n) is 6.01. The van der Waals surface area contributed by atoms with Crippen molar-refractivity contribution in [3.63, 3.8) is 0 Å². The Morgan fingerprint density at radius 3 is 2.80 bits per heavy atom. The lowest BCUT2D eigenvalue weighted by atomic mass is 10.3. The highest BCUT2D eigenvalue weighted by Gasteiger charge is 2.07. The lowest BCUT2D eigenvalue weighted by molar-refractivity contribution is -0.116. The van der Waals surface area contributed by atoms with Crippen LogP contribution in [0.2, 0.25) is 0 Å². The molecule has 6 heteroatoms. The lowest BCUT2D eigenvalue weighted by Crippen LogP contribution is -2.27. The van der Waals surface area contributed by atoms with E-state index in [1.165, 1.54) is 12.5 Å². The van der Waals surface area contributed by atoms with Gasteiger partial charge < -0.3 is 15.1 Å².